The van der Waals surface area contributed by atoms with E-state index in [1.54, 1.807) is 25.3 Å². The number of carbonyl (C=O) groups excluding carboxylic acids is 2. The molecule has 0 spiro atoms. The molecular formula is C24H25ClN2O3. The third-order valence-electron chi connectivity index (χ3n) is 4.98. The molecule has 30 heavy (non-hydrogen) atoms. The van der Waals surface area contributed by atoms with Gasteiger partial charge < -0.3 is 15.4 Å². The van der Waals surface area contributed by atoms with Gasteiger partial charge in [0.15, 0.2) is 0 Å². The molecule has 3 rings (SSSR count). The highest BCUT2D eigenvalue weighted by atomic mass is 35.5. The molecule has 0 heterocycles. The van der Waals surface area contributed by atoms with E-state index in [4.69, 9.17) is 16.3 Å². The van der Waals surface area contributed by atoms with Crippen molar-refractivity contribution in [2.24, 2.45) is 0 Å². The summed E-state index contributed by atoms with van der Waals surface area (Å²) in [5, 5.41) is 8.06. The molecule has 0 saturated heterocycles. The van der Waals surface area contributed by atoms with Crippen molar-refractivity contribution in [1.82, 2.24) is 5.32 Å². The fourth-order valence-electron chi connectivity index (χ4n) is 3.15. The first kappa shape index (κ1) is 21.7. The van der Waals surface area contributed by atoms with Crippen molar-refractivity contribution in [3.05, 3.63) is 70.7 Å². The molecule has 2 N–H and O–H groups in total. The number of fused-ring (bicyclic) bond motifs is 1. The number of anilines is 1. The van der Waals surface area contributed by atoms with E-state index in [-0.39, 0.29) is 17.7 Å². The molecule has 5 nitrogen and oxygen atoms in total. The predicted octanol–water partition coefficient (Wildman–Crippen LogP) is 5.38. The van der Waals surface area contributed by atoms with Gasteiger partial charge in [-0.25, -0.2) is 0 Å². The predicted molar refractivity (Wildman–Crippen MR) is 122 cm³/mol. The Morgan fingerprint density at radius 1 is 1.03 bits per heavy atom. The third-order valence-corrected chi connectivity index (χ3v) is 5.29. The van der Waals surface area contributed by atoms with Crippen LogP contribution < -0.4 is 15.4 Å². The molecule has 6 heteroatoms. The number of carbonyl (C=O) groups is 2. The number of rotatable bonds is 7. The number of hydrogen-bond donors (Lipinski definition) is 2. The summed E-state index contributed by atoms with van der Waals surface area (Å²) in [6.07, 6.45) is 0.845. The van der Waals surface area contributed by atoms with Crippen LogP contribution in [-0.2, 0) is 4.79 Å². The lowest BCUT2D eigenvalue weighted by Gasteiger charge is -2.14. The fourth-order valence-corrected chi connectivity index (χ4v) is 3.42. The van der Waals surface area contributed by atoms with Crippen LogP contribution in [0.25, 0.3) is 10.8 Å². The van der Waals surface area contributed by atoms with Crippen molar-refractivity contribution in [2.45, 2.75) is 26.2 Å². The molecule has 0 aliphatic carbocycles. The number of ether oxygens (including phenoxy) is 1. The van der Waals surface area contributed by atoms with Crippen LogP contribution in [0.3, 0.4) is 0 Å². The average molecular weight is 425 g/mol. The summed E-state index contributed by atoms with van der Waals surface area (Å²) in [6.45, 7) is 4.42. The number of amides is 2. The van der Waals surface area contributed by atoms with Crippen LogP contribution >= 0.6 is 11.6 Å². The summed E-state index contributed by atoms with van der Waals surface area (Å²) in [7, 11) is 1.64. The summed E-state index contributed by atoms with van der Waals surface area (Å²) >= 11 is 6.25. The maximum atomic E-state index is 12.8. The van der Waals surface area contributed by atoms with Gasteiger partial charge in [0.25, 0.3) is 5.91 Å². The fraction of sp³-hybridized carbons (Fsp3) is 0.250. The maximum Gasteiger partial charge on any atom is 0.252 e. The highest BCUT2D eigenvalue weighted by Gasteiger charge is 2.17. The second-order valence-electron chi connectivity index (χ2n) is 7.13. The van der Waals surface area contributed by atoms with Crippen molar-refractivity contribution in [3.8, 4) is 5.75 Å². The zero-order valence-corrected chi connectivity index (χ0v) is 18.0. The summed E-state index contributed by atoms with van der Waals surface area (Å²) in [6, 6.07) is 16.7. The molecule has 3 aromatic rings. The minimum Gasteiger partial charge on any atom is -0.497 e. The zero-order chi connectivity index (χ0) is 21.7. The van der Waals surface area contributed by atoms with Gasteiger partial charge in [-0.15, -0.1) is 0 Å². The van der Waals surface area contributed by atoms with Crippen LogP contribution in [-0.4, -0.2) is 25.5 Å². The third kappa shape index (κ3) is 4.92. The monoisotopic (exact) mass is 424 g/mol. The Hall–Kier alpha value is -3.05. The Balaban J connectivity index is 1.73. The lowest BCUT2D eigenvalue weighted by atomic mass is 9.97. The van der Waals surface area contributed by atoms with Crippen LogP contribution in [0.5, 0.6) is 5.75 Å². The van der Waals surface area contributed by atoms with E-state index in [1.165, 1.54) is 0 Å². The molecule has 0 aromatic heterocycles. The SMILES string of the molecule is CCCNC(=O)c1ccc(NC(=O)[C@@H](C)c2ccc3cc(OC)ccc3c2)cc1Cl. The summed E-state index contributed by atoms with van der Waals surface area (Å²) in [4.78, 5) is 24.9. The van der Waals surface area contributed by atoms with Crippen molar-refractivity contribution in [3.63, 3.8) is 0 Å². The number of nitrogens with one attached hydrogen (secondary N) is 2. The Kier molecular flexibility index (Phi) is 6.95. The molecule has 0 bridgehead atoms. The molecule has 0 fully saturated rings. The Bertz CT molecular complexity index is 1080. The number of hydrogen-bond acceptors (Lipinski definition) is 3. The summed E-state index contributed by atoms with van der Waals surface area (Å²) in [5.41, 5.74) is 1.85. The lowest BCUT2D eigenvalue weighted by Crippen LogP contribution is -2.24. The lowest BCUT2D eigenvalue weighted by molar-refractivity contribution is -0.117. The van der Waals surface area contributed by atoms with Gasteiger partial charge in [-0.1, -0.05) is 42.8 Å². The molecule has 156 valence electrons. The molecular weight excluding hydrogens is 400 g/mol. The van der Waals surface area contributed by atoms with E-state index in [2.05, 4.69) is 10.6 Å². The van der Waals surface area contributed by atoms with Gasteiger partial charge in [0.2, 0.25) is 5.91 Å². The quantitative estimate of drug-likeness (QED) is 0.534. The number of methoxy groups -OCH3 is 1. The Labute approximate surface area is 181 Å². The largest absolute Gasteiger partial charge is 0.497 e. The first-order valence-corrected chi connectivity index (χ1v) is 10.3. The van der Waals surface area contributed by atoms with Crippen LogP contribution in [0, 0.1) is 0 Å². The molecule has 0 saturated carbocycles. The molecule has 0 unspecified atom stereocenters. The van der Waals surface area contributed by atoms with Gasteiger partial charge in [-0.3, -0.25) is 9.59 Å². The number of halogens is 1. The summed E-state index contributed by atoms with van der Waals surface area (Å²) < 4.78 is 5.26. The topological polar surface area (TPSA) is 67.4 Å². The van der Waals surface area contributed by atoms with E-state index < -0.39 is 0 Å². The smallest absolute Gasteiger partial charge is 0.252 e. The molecule has 3 aromatic carbocycles. The second kappa shape index (κ2) is 9.63. The highest BCUT2D eigenvalue weighted by Crippen LogP contribution is 2.27. The Morgan fingerprint density at radius 2 is 1.77 bits per heavy atom. The van der Waals surface area contributed by atoms with Crippen molar-refractivity contribution >= 4 is 39.9 Å². The first-order chi connectivity index (χ1) is 14.4. The van der Waals surface area contributed by atoms with Crippen molar-refractivity contribution < 1.29 is 14.3 Å². The normalized spacial score (nSPS) is 11.7. The van der Waals surface area contributed by atoms with Gasteiger partial charge in [-0.2, -0.15) is 0 Å². The van der Waals surface area contributed by atoms with E-state index in [0.29, 0.717) is 22.8 Å². The van der Waals surface area contributed by atoms with Crippen LogP contribution in [0.2, 0.25) is 5.02 Å². The van der Waals surface area contributed by atoms with E-state index in [1.807, 2.05) is 50.2 Å². The van der Waals surface area contributed by atoms with Gasteiger partial charge >= 0.3 is 0 Å². The van der Waals surface area contributed by atoms with Gasteiger partial charge in [0.1, 0.15) is 5.75 Å². The molecule has 1 atom stereocenters. The first-order valence-electron chi connectivity index (χ1n) is 9.89. The molecule has 0 aliphatic heterocycles. The van der Waals surface area contributed by atoms with E-state index >= 15 is 0 Å². The minimum absolute atomic E-state index is 0.151. The van der Waals surface area contributed by atoms with Crippen LogP contribution in [0.4, 0.5) is 5.69 Å². The van der Waals surface area contributed by atoms with Gasteiger partial charge in [0, 0.05) is 12.2 Å². The van der Waals surface area contributed by atoms with E-state index in [0.717, 1.165) is 28.5 Å². The number of benzene rings is 3. The molecule has 2 amide bonds. The molecule has 0 radical (unpaired) electrons. The highest BCUT2D eigenvalue weighted by molar-refractivity contribution is 6.34. The Morgan fingerprint density at radius 3 is 2.47 bits per heavy atom. The van der Waals surface area contributed by atoms with E-state index in [9.17, 15) is 9.59 Å². The second-order valence-corrected chi connectivity index (χ2v) is 7.54. The van der Waals surface area contributed by atoms with Gasteiger partial charge in [-0.05, 0) is 60.0 Å². The summed E-state index contributed by atoms with van der Waals surface area (Å²) in [5.74, 6) is 0.0653. The van der Waals surface area contributed by atoms with Crippen molar-refractivity contribution in [1.29, 1.82) is 0 Å². The van der Waals surface area contributed by atoms with Crippen LogP contribution in [0.1, 0.15) is 42.1 Å². The van der Waals surface area contributed by atoms with Crippen molar-refractivity contribution in [2.75, 3.05) is 19.0 Å². The zero-order valence-electron chi connectivity index (χ0n) is 17.3. The van der Waals surface area contributed by atoms with Crippen LogP contribution in [0.15, 0.2) is 54.6 Å². The van der Waals surface area contributed by atoms with Gasteiger partial charge in [0.05, 0.1) is 23.6 Å². The minimum atomic E-state index is -0.359. The average Bonchev–Trinajstić information content (AvgIpc) is 2.76. The maximum absolute atomic E-state index is 12.8. The molecule has 0 aliphatic rings. The standard InChI is InChI=1S/C24H25ClN2O3/c1-4-11-26-24(29)21-10-8-19(14-22(21)25)27-23(28)15(2)16-5-6-18-13-20(30-3)9-7-17(18)12-16/h5-10,12-15H,4,11H2,1-3H3,(H,26,29)(H,27,28)/t15-/m0/s1.